The summed E-state index contributed by atoms with van der Waals surface area (Å²) < 4.78 is 2.24. The molecule has 3 heteroatoms. The van der Waals surface area contributed by atoms with E-state index in [1.54, 1.807) is 0 Å². The van der Waals surface area contributed by atoms with Gasteiger partial charge in [-0.05, 0) is 48.5 Å². The highest BCUT2D eigenvalue weighted by Gasteiger charge is 2.18. The minimum absolute atomic E-state index is 0.746. The minimum Gasteiger partial charge on any atom is -0.399 e. The first-order valence-corrected chi connectivity index (χ1v) is 9.67. The molecule has 5 aromatic rings. The number of nitrogen functional groups attached to an aromatic ring is 1. The number of anilines is 4. The van der Waals surface area contributed by atoms with Crippen molar-refractivity contribution in [2.45, 2.75) is 0 Å². The highest BCUT2D eigenvalue weighted by Crippen LogP contribution is 2.41. The number of aromatic nitrogens is 1. The number of para-hydroxylation sites is 3. The second-order valence-corrected chi connectivity index (χ2v) is 7.00. The molecule has 0 fully saturated rings. The second kappa shape index (κ2) is 7.21. The number of hydrogen-bond donors (Lipinski definition) is 1. The SMILES string of the molecule is Nc1cccc(N(c2ccccc2)c2cn(-c3ccccc3)c3ccccc23)c1. The van der Waals surface area contributed by atoms with Crippen molar-refractivity contribution in [1.29, 1.82) is 0 Å². The molecule has 4 aromatic carbocycles. The zero-order chi connectivity index (χ0) is 19.6. The van der Waals surface area contributed by atoms with Gasteiger partial charge in [-0.3, -0.25) is 0 Å². The summed E-state index contributed by atoms with van der Waals surface area (Å²) in [5.41, 5.74) is 12.4. The molecule has 0 atom stereocenters. The lowest BCUT2D eigenvalue weighted by atomic mass is 10.1. The predicted octanol–water partition coefficient (Wildman–Crippen LogP) is 6.68. The molecular weight excluding hydrogens is 354 g/mol. The molecule has 0 aliphatic heterocycles. The fourth-order valence-corrected chi connectivity index (χ4v) is 3.81. The predicted molar refractivity (Wildman–Crippen MR) is 122 cm³/mol. The summed E-state index contributed by atoms with van der Waals surface area (Å²) in [6.07, 6.45) is 2.20. The number of nitrogens with two attached hydrogens (primary N) is 1. The highest BCUT2D eigenvalue weighted by atomic mass is 15.2. The van der Waals surface area contributed by atoms with Crippen LogP contribution in [0.25, 0.3) is 16.6 Å². The number of rotatable bonds is 4. The summed E-state index contributed by atoms with van der Waals surface area (Å²) in [7, 11) is 0. The van der Waals surface area contributed by atoms with Crippen LogP contribution in [0.2, 0.25) is 0 Å². The standard InChI is InChI=1S/C26H21N3/c27-20-10-9-15-23(18-20)29(22-13-5-2-6-14-22)26-19-28(21-11-3-1-4-12-21)25-17-8-7-16-24(25)26/h1-19H,27H2. The molecule has 140 valence electrons. The van der Waals surface area contributed by atoms with Crippen molar-refractivity contribution in [1.82, 2.24) is 4.57 Å². The Balaban J connectivity index is 1.79. The maximum Gasteiger partial charge on any atom is 0.0721 e. The molecule has 0 saturated carbocycles. The zero-order valence-electron chi connectivity index (χ0n) is 15.9. The van der Waals surface area contributed by atoms with E-state index >= 15 is 0 Å². The van der Waals surface area contributed by atoms with E-state index in [-0.39, 0.29) is 0 Å². The Morgan fingerprint density at radius 2 is 1.28 bits per heavy atom. The highest BCUT2D eigenvalue weighted by molar-refractivity contribution is 5.99. The Morgan fingerprint density at radius 1 is 0.621 bits per heavy atom. The van der Waals surface area contributed by atoms with Crippen LogP contribution in [-0.4, -0.2) is 4.57 Å². The summed E-state index contributed by atoms with van der Waals surface area (Å²) in [5.74, 6) is 0. The van der Waals surface area contributed by atoms with E-state index in [1.807, 2.05) is 30.3 Å². The molecule has 1 aromatic heterocycles. The molecule has 0 amide bonds. The van der Waals surface area contributed by atoms with Crippen LogP contribution in [0.15, 0.2) is 115 Å². The molecular formula is C26H21N3. The molecule has 0 radical (unpaired) electrons. The maximum atomic E-state index is 6.13. The largest absolute Gasteiger partial charge is 0.399 e. The second-order valence-electron chi connectivity index (χ2n) is 7.00. The summed E-state index contributed by atoms with van der Waals surface area (Å²) in [6.45, 7) is 0. The third kappa shape index (κ3) is 3.13. The molecule has 1 heterocycles. The van der Waals surface area contributed by atoms with Crippen molar-refractivity contribution in [3.05, 3.63) is 115 Å². The van der Waals surface area contributed by atoms with Gasteiger partial charge >= 0.3 is 0 Å². The van der Waals surface area contributed by atoms with Crippen LogP contribution in [0.1, 0.15) is 0 Å². The van der Waals surface area contributed by atoms with E-state index in [0.29, 0.717) is 0 Å². The fraction of sp³-hybridized carbons (Fsp3) is 0. The number of hydrogen-bond acceptors (Lipinski definition) is 2. The van der Waals surface area contributed by atoms with Crippen molar-refractivity contribution >= 4 is 33.7 Å². The lowest BCUT2D eigenvalue weighted by Gasteiger charge is -2.25. The topological polar surface area (TPSA) is 34.2 Å². The minimum atomic E-state index is 0.746. The van der Waals surface area contributed by atoms with E-state index in [0.717, 1.165) is 28.4 Å². The third-order valence-electron chi connectivity index (χ3n) is 5.11. The van der Waals surface area contributed by atoms with Crippen LogP contribution in [0.4, 0.5) is 22.7 Å². The Kier molecular flexibility index (Phi) is 4.26. The van der Waals surface area contributed by atoms with Crippen LogP contribution in [0.5, 0.6) is 0 Å². The number of nitrogens with zero attached hydrogens (tertiary/aromatic N) is 2. The lowest BCUT2D eigenvalue weighted by molar-refractivity contribution is 1.12. The number of benzene rings is 4. The summed E-state index contributed by atoms with van der Waals surface area (Å²) >= 11 is 0. The molecule has 0 aliphatic rings. The van der Waals surface area contributed by atoms with Crippen molar-refractivity contribution in [2.24, 2.45) is 0 Å². The molecule has 0 aliphatic carbocycles. The third-order valence-corrected chi connectivity index (χ3v) is 5.11. The molecule has 0 spiro atoms. The summed E-state index contributed by atoms with van der Waals surface area (Å²) in [5, 5.41) is 1.18. The molecule has 3 nitrogen and oxygen atoms in total. The molecule has 2 N–H and O–H groups in total. The van der Waals surface area contributed by atoms with Gasteiger partial charge in [0.25, 0.3) is 0 Å². The van der Waals surface area contributed by atoms with Crippen molar-refractivity contribution in [3.63, 3.8) is 0 Å². The van der Waals surface area contributed by atoms with E-state index in [1.165, 1.54) is 10.9 Å². The van der Waals surface area contributed by atoms with Gasteiger partial charge in [-0.15, -0.1) is 0 Å². The van der Waals surface area contributed by atoms with Gasteiger partial charge in [0.15, 0.2) is 0 Å². The maximum absolute atomic E-state index is 6.13. The Labute approximate surface area is 170 Å². The van der Waals surface area contributed by atoms with Gasteiger partial charge < -0.3 is 15.2 Å². The Hall–Kier alpha value is -3.98. The Morgan fingerprint density at radius 3 is 2.03 bits per heavy atom. The lowest BCUT2D eigenvalue weighted by Crippen LogP contribution is -2.09. The first kappa shape index (κ1) is 17.1. The van der Waals surface area contributed by atoms with Crippen molar-refractivity contribution in [2.75, 3.05) is 10.6 Å². The van der Waals surface area contributed by atoms with E-state index in [2.05, 4.69) is 94.5 Å². The molecule has 0 saturated heterocycles. The normalized spacial score (nSPS) is 10.9. The molecule has 0 unspecified atom stereocenters. The van der Waals surface area contributed by atoms with Gasteiger partial charge in [0.2, 0.25) is 0 Å². The first-order valence-electron chi connectivity index (χ1n) is 9.67. The average molecular weight is 375 g/mol. The summed E-state index contributed by atoms with van der Waals surface area (Å²) in [6, 6.07) is 37.4. The summed E-state index contributed by atoms with van der Waals surface area (Å²) in [4.78, 5) is 2.26. The van der Waals surface area contributed by atoms with Crippen LogP contribution in [-0.2, 0) is 0 Å². The van der Waals surface area contributed by atoms with Gasteiger partial charge in [-0.2, -0.15) is 0 Å². The van der Waals surface area contributed by atoms with E-state index in [4.69, 9.17) is 5.73 Å². The monoisotopic (exact) mass is 375 g/mol. The first-order chi connectivity index (χ1) is 14.3. The molecule has 0 bridgehead atoms. The van der Waals surface area contributed by atoms with Crippen LogP contribution in [0.3, 0.4) is 0 Å². The van der Waals surface area contributed by atoms with Crippen LogP contribution >= 0.6 is 0 Å². The van der Waals surface area contributed by atoms with Crippen molar-refractivity contribution < 1.29 is 0 Å². The van der Waals surface area contributed by atoms with Gasteiger partial charge in [0.05, 0.1) is 11.2 Å². The number of fused-ring (bicyclic) bond motifs is 1. The Bertz CT molecular complexity index is 1260. The van der Waals surface area contributed by atoms with Crippen molar-refractivity contribution in [3.8, 4) is 5.69 Å². The molecule has 5 rings (SSSR count). The van der Waals surface area contributed by atoms with E-state index in [9.17, 15) is 0 Å². The zero-order valence-corrected chi connectivity index (χ0v) is 15.9. The van der Waals surface area contributed by atoms with Crippen LogP contribution in [0, 0.1) is 0 Å². The fourth-order valence-electron chi connectivity index (χ4n) is 3.81. The molecule has 29 heavy (non-hydrogen) atoms. The van der Waals surface area contributed by atoms with Gasteiger partial charge in [0.1, 0.15) is 0 Å². The van der Waals surface area contributed by atoms with Gasteiger partial charge in [-0.25, -0.2) is 0 Å². The quantitative estimate of drug-likeness (QED) is 0.355. The smallest absolute Gasteiger partial charge is 0.0721 e. The van der Waals surface area contributed by atoms with E-state index < -0.39 is 0 Å². The van der Waals surface area contributed by atoms with Gasteiger partial charge in [0, 0.05) is 34.3 Å². The van der Waals surface area contributed by atoms with Crippen LogP contribution < -0.4 is 10.6 Å². The van der Waals surface area contributed by atoms with Gasteiger partial charge in [-0.1, -0.05) is 60.7 Å². The average Bonchev–Trinajstić information content (AvgIpc) is 3.15.